The Hall–Kier alpha value is 0.0700. The molecule has 2 nitrogen and oxygen atoms in total. The number of aromatic nitrogens is 1. The molecule has 2 N–H and O–H groups in total. The third kappa shape index (κ3) is 2.51. The minimum absolute atomic E-state index is 0. The van der Waals surface area contributed by atoms with Gasteiger partial charge in [-0.3, -0.25) is 4.98 Å². The van der Waals surface area contributed by atoms with Crippen molar-refractivity contribution in [2.75, 3.05) is 0 Å². The predicted molar refractivity (Wildman–Crippen MR) is 64.6 cm³/mol. The fourth-order valence-electron chi connectivity index (χ4n) is 1.53. The van der Waals surface area contributed by atoms with Crippen LogP contribution in [0.3, 0.4) is 0 Å². The molecule has 0 unspecified atom stereocenters. The van der Waals surface area contributed by atoms with E-state index in [9.17, 15) is 0 Å². The van der Waals surface area contributed by atoms with Gasteiger partial charge >= 0.3 is 0 Å². The Morgan fingerprint density at radius 2 is 1.69 bits per heavy atom. The van der Waals surface area contributed by atoms with Gasteiger partial charge in [0.1, 0.15) is 0 Å². The summed E-state index contributed by atoms with van der Waals surface area (Å²) in [5.41, 5.74) is 7.31. The highest BCUT2D eigenvalue weighted by atomic mass is 79.9. The lowest BCUT2D eigenvalue weighted by Crippen LogP contribution is -2.43. The van der Waals surface area contributed by atoms with Gasteiger partial charge in [-0.2, -0.15) is 0 Å². The Bertz CT molecular complexity index is 247. The fourth-order valence-corrected chi connectivity index (χ4v) is 1.53. The number of pyridine rings is 1. The largest absolute Gasteiger partial charge is 0.321 e. The van der Waals surface area contributed by atoms with Crippen LogP contribution in [0.15, 0.2) is 24.5 Å². The number of rotatable bonds is 1. The first-order chi connectivity index (χ1) is 5.31. The summed E-state index contributed by atoms with van der Waals surface area (Å²) < 4.78 is 0. The number of hydrogen-bond acceptors (Lipinski definition) is 2. The standard InChI is InChI=1S/C9H12N2.2BrH/c10-9(4-1-5-9)8-2-6-11-7-3-8;;/h2-3,6-7H,1,4-5,10H2;2*1H. The van der Waals surface area contributed by atoms with Crippen LogP contribution in [0.5, 0.6) is 0 Å². The second kappa shape index (κ2) is 5.08. The van der Waals surface area contributed by atoms with Crippen LogP contribution in [0.1, 0.15) is 24.8 Å². The van der Waals surface area contributed by atoms with E-state index in [-0.39, 0.29) is 39.5 Å². The van der Waals surface area contributed by atoms with Crippen LogP contribution < -0.4 is 5.73 Å². The van der Waals surface area contributed by atoms with E-state index in [2.05, 4.69) is 4.98 Å². The molecule has 1 aromatic heterocycles. The van der Waals surface area contributed by atoms with Gasteiger partial charge in [-0.15, -0.1) is 34.0 Å². The Kier molecular flexibility index (Phi) is 5.10. The Labute approximate surface area is 99.5 Å². The monoisotopic (exact) mass is 308 g/mol. The Morgan fingerprint density at radius 1 is 1.15 bits per heavy atom. The van der Waals surface area contributed by atoms with Crippen LogP contribution in [-0.4, -0.2) is 4.98 Å². The van der Waals surface area contributed by atoms with Crippen LogP contribution in [0.25, 0.3) is 0 Å². The van der Waals surface area contributed by atoms with Gasteiger partial charge < -0.3 is 5.73 Å². The topological polar surface area (TPSA) is 38.9 Å². The molecule has 0 amide bonds. The fraction of sp³-hybridized carbons (Fsp3) is 0.444. The summed E-state index contributed by atoms with van der Waals surface area (Å²) in [5, 5.41) is 0. The van der Waals surface area contributed by atoms with Gasteiger partial charge in [0.2, 0.25) is 0 Å². The van der Waals surface area contributed by atoms with E-state index >= 15 is 0 Å². The van der Waals surface area contributed by atoms with E-state index in [1.807, 2.05) is 24.5 Å². The molecule has 1 aromatic rings. The van der Waals surface area contributed by atoms with Gasteiger partial charge in [0.25, 0.3) is 0 Å². The molecule has 0 aromatic carbocycles. The third-order valence-corrected chi connectivity index (χ3v) is 2.50. The predicted octanol–water partition coefficient (Wildman–Crippen LogP) is 2.58. The number of nitrogens with two attached hydrogens (primary N) is 1. The maximum Gasteiger partial charge on any atom is 0.0410 e. The normalized spacial score (nSPS) is 17.6. The molecule has 2 rings (SSSR count). The SMILES string of the molecule is Br.Br.NC1(c2ccncc2)CCC1. The summed E-state index contributed by atoms with van der Waals surface area (Å²) in [4.78, 5) is 3.96. The quantitative estimate of drug-likeness (QED) is 0.866. The van der Waals surface area contributed by atoms with Crippen molar-refractivity contribution in [1.29, 1.82) is 0 Å². The highest BCUT2D eigenvalue weighted by Gasteiger charge is 2.33. The van der Waals surface area contributed by atoms with Gasteiger partial charge in [0.15, 0.2) is 0 Å². The summed E-state index contributed by atoms with van der Waals surface area (Å²) in [6, 6.07) is 4.03. The second-order valence-electron chi connectivity index (χ2n) is 3.25. The van der Waals surface area contributed by atoms with Crippen LogP contribution >= 0.6 is 34.0 Å². The lowest BCUT2D eigenvalue weighted by Gasteiger charge is -2.38. The summed E-state index contributed by atoms with van der Waals surface area (Å²) in [6.45, 7) is 0. The zero-order valence-electron chi connectivity index (χ0n) is 7.27. The Morgan fingerprint density at radius 3 is 2.08 bits per heavy atom. The molecule has 0 aliphatic heterocycles. The average Bonchev–Trinajstić information content (AvgIpc) is 2.02. The number of hydrogen-bond donors (Lipinski definition) is 1. The van der Waals surface area contributed by atoms with E-state index in [1.165, 1.54) is 12.0 Å². The van der Waals surface area contributed by atoms with Crippen molar-refractivity contribution in [3.8, 4) is 0 Å². The van der Waals surface area contributed by atoms with Crippen molar-refractivity contribution in [2.24, 2.45) is 5.73 Å². The molecular formula is C9H14Br2N2. The third-order valence-electron chi connectivity index (χ3n) is 2.50. The molecule has 1 heterocycles. The molecular weight excluding hydrogens is 296 g/mol. The maximum absolute atomic E-state index is 6.10. The number of halogens is 2. The summed E-state index contributed by atoms with van der Waals surface area (Å²) >= 11 is 0. The smallest absolute Gasteiger partial charge is 0.0410 e. The molecule has 74 valence electrons. The van der Waals surface area contributed by atoms with Crippen molar-refractivity contribution in [2.45, 2.75) is 24.8 Å². The first-order valence-corrected chi connectivity index (χ1v) is 4.01. The zero-order chi connectivity index (χ0) is 7.73. The lowest BCUT2D eigenvalue weighted by atomic mass is 9.73. The average molecular weight is 310 g/mol. The van der Waals surface area contributed by atoms with Crippen LogP contribution in [-0.2, 0) is 5.54 Å². The lowest BCUT2D eigenvalue weighted by molar-refractivity contribution is 0.253. The van der Waals surface area contributed by atoms with Gasteiger partial charge in [-0.1, -0.05) is 0 Å². The van der Waals surface area contributed by atoms with Crippen molar-refractivity contribution >= 4 is 34.0 Å². The maximum atomic E-state index is 6.10. The molecule has 0 atom stereocenters. The molecule has 0 bridgehead atoms. The second-order valence-corrected chi connectivity index (χ2v) is 3.25. The van der Waals surface area contributed by atoms with Gasteiger partial charge in [0, 0.05) is 17.9 Å². The number of nitrogens with zero attached hydrogens (tertiary/aromatic N) is 1. The van der Waals surface area contributed by atoms with Crippen LogP contribution in [0, 0.1) is 0 Å². The van der Waals surface area contributed by atoms with Crippen LogP contribution in [0.4, 0.5) is 0 Å². The first-order valence-electron chi connectivity index (χ1n) is 4.01. The summed E-state index contributed by atoms with van der Waals surface area (Å²) in [7, 11) is 0. The van der Waals surface area contributed by atoms with Gasteiger partial charge in [-0.05, 0) is 37.0 Å². The van der Waals surface area contributed by atoms with E-state index < -0.39 is 0 Å². The zero-order valence-corrected chi connectivity index (χ0v) is 10.7. The molecule has 0 radical (unpaired) electrons. The Balaban J connectivity index is 0.000000720. The molecule has 0 spiro atoms. The molecule has 1 saturated carbocycles. The molecule has 1 aliphatic rings. The van der Waals surface area contributed by atoms with Crippen LogP contribution in [0.2, 0.25) is 0 Å². The summed E-state index contributed by atoms with van der Waals surface area (Å²) in [5.74, 6) is 0. The highest BCUT2D eigenvalue weighted by molar-refractivity contribution is 8.93. The van der Waals surface area contributed by atoms with E-state index in [0.717, 1.165) is 12.8 Å². The first kappa shape index (κ1) is 13.1. The van der Waals surface area contributed by atoms with E-state index in [0.29, 0.717) is 0 Å². The minimum atomic E-state index is -0.0249. The molecule has 4 heteroatoms. The molecule has 13 heavy (non-hydrogen) atoms. The van der Waals surface area contributed by atoms with Gasteiger partial charge in [-0.25, -0.2) is 0 Å². The van der Waals surface area contributed by atoms with E-state index in [4.69, 9.17) is 5.73 Å². The van der Waals surface area contributed by atoms with Crippen molar-refractivity contribution in [3.63, 3.8) is 0 Å². The molecule has 0 saturated heterocycles. The minimum Gasteiger partial charge on any atom is -0.321 e. The van der Waals surface area contributed by atoms with Crippen molar-refractivity contribution in [1.82, 2.24) is 4.98 Å². The molecule has 1 fully saturated rings. The van der Waals surface area contributed by atoms with E-state index in [1.54, 1.807) is 0 Å². The van der Waals surface area contributed by atoms with Crippen molar-refractivity contribution < 1.29 is 0 Å². The summed E-state index contributed by atoms with van der Waals surface area (Å²) in [6.07, 6.45) is 7.12. The van der Waals surface area contributed by atoms with Crippen molar-refractivity contribution in [3.05, 3.63) is 30.1 Å². The highest BCUT2D eigenvalue weighted by Crippen LogP contribution is 2.37. The molecule has 1 aliphatic carbocycles. The van der Waals surface area contributed by atoms with Gasteiger partial charge in [0.05, 0.1) is 0 Å².